The molecular formula is C15H19N5O. The average Bonchev–Trinajstić information content (AvgIpc) is 2.47. The molecule has 21 heavy (non-hydrogen) atoms. The number of nitrogens with zero attached hydrogens (tertiary/aromatic N) is 3. The summed E-state index contributed by atoms with van der Waals surface area (Å²) in [6.07, 6.45) is 2.33. The zero-order valence-electron chi connectivity index (χ0n) is 11.8. The maximum absolute atomic E-state index is 11.0. The Bertz CT molecular complexity index is 664. The third-order valence-electron chi connectivity index (χ3n) is 4.01. The standard InChI is InChI=1S/C15H19N5O/c16-13(21)9-10-5-7-20(8-6-10)15-18-12-4-2-1-3-11(12)14(17)19-15/h1-4,10H,5-9H2,(H2,16,21)(H2,17,18,19). The van der Waals surface area contributed by atoms with Gasteiger partial charge in [0, 0.05) is 24.9 Å². The van der Waals surface area contributed by atoms with E-state index in [1.807, 2.05) is 24.3 Å². The van der Waals surface area contributed by atoms with Crippen molar-refractivity contribution in [3.63, 3.8) is 0 Å². The minimum Gasteiger partial charge on any atom is -0.383 e. The molecule has 4 N–H and O–H groups in total. The van der Waals surface area contributed by atoms with Gasteiger partial charge in [-0.3, -0.25) is 4.79 Å². The van der Waals surface area contributed by atoms with Crippen LogP contribution in [0.25, 0.3) is 10.9 Å². The maximum atomic E-state index is 11.0. The van der Waals surface area contributed by atoms with Gasteiger partial charge in [-0.1, -0.05) is 12.1 Å². The number of aromatic nitrogens is 2. The second kappa shape index (κ2) is 5.55. The van der Waals surface area contributed by atoms with Gasteiger partial charge < -0.3 is 16.4 Å². The number of carbonyl (C=O) groups excluding carboxylic acids is 1. The van der Waals surface area contributed by atoms with Gasteiger partial charge in [-0.25, -0.2) is 4.98 Å². The van der Waals surface area contributed by atoms with E-state index in [0.717, 1.165) is 36.8 Å². The second-order valence-corrected chi connectivity index (χ2v) is 5.53. The van der Waals surface area contributed by atoms with Gasteiger partial charge in [-0.2, -0.15) is 4.98 Å². The van der Waals surface area contributed by atoms with Crippen molar-refractivity contribution in [3.8, 4) is 0 Å². The monoisotopic (exact) mass is 285 g/mol. The normalized spacial score (nSPS) is 16.3. The first-order valence-electron chi connectivity index (χ1n) is 7.19. The van der Waals surface area contributed by atoms with Gasteiger partial charge in [0.2, 0.25) is 11.9 Å². The van der Waals surface area contributed by atoms with Crippen LogP contribution < -0.4 is 16.4 Å². The molecule has 0 radical (unpaired) electrons. The summed E-state index contributed by atoms with van der Waals surface area (Å²) in [6, 6.07) is 7.74. The van der Waals surface area contributed by atoms with Crippen molar-refractivity contribution < 1.29 is 4.79 Å². The molecule has 3 rings (SSSR count). The third-order valence-corrected chi connectivity index (χ3v) is 4.01. The fraction of sp³-hybridized carbons (Fsp3) is 0.400. The van der Waals surface area contributed by atoms with Crippen molar-refractivity contribution in [3.05, 3.63) is 24.3 Å². The highest BCUT2D eigenvalue weighted by Gasteiger charge is 2.22. The number of primary amides is 1. The van der Waals surface area contributed by atoms with E-state index in [0.29, 0.717) is 24.1 Å². The predicted octanol–water partition coefficient (Wildman–Crippen LogP) is 1.30. The summed E-state index contributed by atoms with van der Waals surface area (Å²) in [7, 11) is 0. The number of benzene rings is 1. The minimum absolute atomic E-state index is 0.223. The van der Waals surface area contributed by atoms with Gasteiger partial charge in [-0.05, 0) is 30.9 Å². The van der Waals surface area contributed by atoms with Crippen LogP contribution in [0, 0.1) is 5.92 Å². The first-order chi connectivity index (χ1) is 10.1. The van der Waals surface area contributed by atoms with Crippen LogP contribution in [-0.2, 0) is 4.79 Å². The molecule has 6 nitrogen and oxygen atoms in total. The summed E-state index contributed by atoms with van der Waals surface area (Å²) in [6.45, 7) is 1.66. The topological polar surface area (TPSA) is 98.1 Å². The molecule has 0 unspecified atom stereocenters. The van der Waals surface area contributed by atoms with Crippen molar-refractivity contribution in [2.45, 2.75) is 19.3 Å². The predicted molar refractivity (Wildman–Crippen MR) is 82.7 cm³/mol. The summed E-state index contributed by atoms with van der Waals surface area (Å²) < 4.78 is 0. The Morgan fingerprint density at radius 2 is 1.95 bits per heavy atom. The lowest BCUT2D eigenvalue weighted by Gasteiger charge is -2.31. The maximum Gasteiger partial charge on any atom is 0.227 e. The highest BCUT2D eigenvalue weighted by Crippen LogP contribution is 2.26. The highest BCUT2D eigenvalue weighted by molar-refractivity contribution is 5.88. The number of hydrogen-bond donors (Lipinski definition) is 2. The fourth-order valence-corrected chi connectivity index (χ4v) is 2.85. The lowest BCUT2D eigenvalue weighted by atomic mass is 9.93. The lowest BCUT2D eigenvalue weighted by molar-refractivity contribution is -0.119. The molecule has 1 aromatic carbocycles. The summed E-state index contributed by atoms with van der Waals surface area (Å²) in [5, 5.41) is 0.880. The number of para-hydroxylation sites is 1. The van der Waals surface area contributed by atoms with Crippen molar-refractivity contribution >= 4 is 28.6 Å². The van der Waals surface area contributed by atoms with Crippen molar-refractivity contribution in [2.24, 2.45) is 11.7 Å². The molecule has 0 spiro atoms. The Morgan fingerprint density at radius 3 is 2.67 bits per heavy atom. The van der Waals surface area contributed by atoms with E-state index < -0.39 is 0 Å². The average molecular weight is 285 g/mol. The van der Waals surface area contributed by atoms with Crippen LogP contribution in [0.3, 0.4) is 0 Å². The number of hydrogen-bond acceptors (Lipinski definition) is 5. The van der Waals surface area contributed by atoms with Gasteiger partial charge in [0.05, 0.1) is 5.52 Å². The Hall–Kier alpha value is -2.37. The molecule has 110 valence electrons. The summed E-state index contributed by atoms with van der Waals surface area (Å²) in [5.74, 6) is 1.33. The molecule has 0 bridgehead atoms. The Morgan fingerprint density at radius 1 is 1.24 bits per heavy atom. The lowest BCUT2D eigenvalue weighted by Crippen LogP contribution is -2.36. The quantitative estimate of drug-likeness (QED) is 0.885. The van der Waals surface area contributed by atoms with E-state index in [1.165, 1.54) is 0 Å². The zero-order valence-corrected chi connectivity index (χ0v) is 11.8. The number of fused-ring (bicyclic) bond motifs is 1. The summed E-state index contributed by atoms with van der Waals surface area (Å²) in [5.41, 5.74) is 12.1. The molecule has 0 aliphatic carbocycles. The molecule has 1 fully saturated rings. The van der Waals surface area contributed by atoms with Crippen LogP contribution in [0.4, 0.5) is 11.8 Å². The minimum atomic E-state index is -0.223. The second-order valence-electron chi connectivity index (χ2n) is 5.53. The molecular weight excluding hydrogens is 266 g/mol. The molecule has 0 saturated carbocycles. The van der Waals surface area contributed by atoms with Gasteiger partial charge in [-0.15, -0.1) is 0 Å². The number of amides is 1. The van der Waals surface area contributed by atoms with Gasteiger partial charge in [0.15, 0.2) is 0 Å². The van der Waals surface area contributed by atoms with Crippen LogP contribution >= 0.6 is 0 Å². The molecule has 1 aliphatic rings. The molecule has 2 aromatic rings. The van der Waals surface area contributed by atoms with Crippen LogP contribution in [-0.4, -0.2) is 29.0 Å². The third kappa shape index (κ3) is 2.89. The molecule has 1 amide bonds. The first kappa shape index (κ1) is 13.6. The van der Waals surface area contributed by atoms with Crippen molar-refractivity contribution in [1.29, 1.82) is 0 Å². The largest absolute Gasteiger partial charge is 0.383 e. The molecule has 1 aromatic heterocycles. The number of rotatable bonds is 3. The Balaban J connectivity index is 1.78. The van der Waals surface area contributed by atoms with Crippen molar-refractivity contribution in [1.82, 2.24) is 9.97 Å². The molecule has 2 heterocycles. The fourth-order valence-electron chi connectivity index (χ4n) is 2.85. The van der Waals surface area contributed by atoms with E-state index in [-0.39, 0.29) is 5.91 Å². The molecule has 1 aliphatic heterocycles. The SMILES string of the molecule is NC(=O)CC1CCN(c2nc(N)c3ccccc3n2)CC1. The summed E-state index contributed by atoms with van der Waals surface area (Å²) in [4.78, 5) is 22.1. The van der Waals surface area contributed by atoms with Gasteiger partial charge >= 0.3 is 0 Å². The van der Waals surface area contributed by atoms with E-state index in [2.05, 4.69) is 14.9 Å². The Kier molecular flexibility index (Phi) is 3.60. The number of carbonyl (C=O) groups is 1. The van der Waals surface area contributed by atoms with Gasteiger partial charge in [0.1, 0.15) is 5.82 Å². The summed E-state index contributed by atoms with van der Waals surface area (Å²) >= 11 is 0. The van der Waals surface area contributed by atoms with E-state index in [4.69, 9.17) is 11.5 Å². The Labute approximate surface area is 123 Å². The van der Waals surface area contributed by atoms with Gasteiger partial charge in [0.25, 0.3) is 0 Å². The zero-order chi connectivity index (χ0) is 14.8. The molecule has 0 atom stereocenters. The van der Waals surface area contributed by atoms with E-state index in [9.17, 15) is 4.79 Å². The smallest absolute Gasteiger partial charge is 0.227 e. The number of piperidine rings is 1. The highest BCUT2D eigenvalue weighted by atomic mass is 16.1. The number of anilines is 2. The first-order valence-corrected chi connectivity index (χ1v) is 7.19. The van der Waals surface area contributed by atoms with Crippen LogP contribution in [0.1, 0.15) is 19.3 Å². The molecule has 1 saturated heterocycles. The molecule has 6 heteroatoms. The number of nitrogens with two attached hydrogens (primary N) is 2. The van der Waals surface area contributed by atoms with E-state index in [1.54, 1.807) is 0 Å². The van der Waals surface area contributed by atoms with Crippen LogP contribution in [0.5, 0.6) is 0 Å². The number of nitrogen functional groups attached to an aromatic ring is 1. The van der Waals surface area contributed by atoms with Crippen LogP contribution in [0.15, 0.2) is 24.3 Å². The van der Waals surface area contributed by atoms with Crippen LogP contribution in [0.2, 0.25) is 0 Å². The van der Waals surface area contributed by atoms with Crippen molar-refractivity contribution in [2.75, 3.05) is 23.7 Å². The van der Waals surface area contributed by atoms with E-state index >= 15 is 0 Å².